The van der Waals surface area contributed by atoms with E-state index < -0.39 is 0 Å². The van der Waals surface area contributed by atoms with Crippen LogP contribution in [0, 0.1) is 12.8 Å². The van der Waals surface area contributed by atoms with Gasteiger partial charge >= 0.3 is 0 Å². The van der Waals surface area contributed by atoms with Crippen LogP contribution >= 0.6 is 0 Å². The van der Waals surface area contributed by atoms with E-state index in [2.05, 4.69) is 24.4 Å². The van der Waals surface area contributed by atoms with Crippen molar-refractivity contribution in [2.75, 3.05) is 39.2 Å². The van der Waals surface area contributed by atoms with E-state index in [-0.39, 0.29) is 5.91 Å². The van der Waals surface area contributed by atoms with E-state index in [1.54, 1.807) is 0 Å². The van der Waals surface area contributed by atoms with E-state index in [0.29, 0.717) is 5.92 Å². The minimum absolute atomic E-state index is 0.130. The van der Waals surface area contributed by atoms with Crippen molar-refractivity contribution in [2.24, 2.45) is 11.8 Å². The van der Waals surface area contributed by atoms with Gasteiger partial charge in [0.15, 0.2) is 0 Å². The number of nitrogen functional groups attached to an aromatic ring is 1. The molecular formula is C16H26N4O. The van der Waals surface area contributed by atoms with E-state index in [0.717, 1.165) is 49.3 Å². The highest BCUT2D eigenvalue weighted by molar-refractivity contribution is 5.95. The van der Waals surface area contributed by atoms with Crippen LogP contribution in [0.4, 0.5) is 5.69 Å². The molecule has 0 aromatic heterocycles. The first kappa shape index (κ1) is 15.8. The van der Waals surface area contributed by atoms with E-state index in [9.17, 15) is 4.79 Å². The van der Waals surface area contributed by atoms with E-state index in [1.165, 1.54) is 0 Å². The summed E-state index contributed by atoms with van der Waals surface area (Å²) in [5.74, 6) is 6.26. The van der Waals surface area contributed by atoms with Crippen LogP contribution in [-0.4, -0.2) is 49.4 Å². The van der Waals surface area contributed by atoms with Crippen LogP contribution < -0.4 is 11.3 Å². The summed E-state index contributed by atoms with van der Waals surface area (Å²) in [7, 11) is 4.21. The molecule has 1 aromatic rings. The van der Waals surface area contributed by atoms with Gasteiger partial charge < -0.3 is 15.2 Å². The largest absolute Gasteiger partial charge is 0.339 e. The predicted molar refractivity (Wildman–Crippen MR) is 86.2 cm³/mol. The van der Waals surface area contributed by atoms with E-state index in [4.69, 9.17) is 5.84 Å². The number of amides is 1. The van der Waals surface area contributed by atoms with Gasteiger partial charge in [-0.15, -0.1) is 0 Å². The number of hydrogen-bond acceptors (Lipinski definition) is 4. The number of nitrogens with one attached hydrogen (secondary N) is 1. The lowest BCUT2D eigenvalue weighted by Crippen LogP contribution is -2.40. The summed E-state index contributed by atoms with van der Waals surface area (Å²) in [6, 6.07) is 5.61. The van der Waals surface area contributed by atoms with E-state index >= 15 is 0 Å². The summed E-state index contributed by atoms with van der Waals surface area (Å²) in [5.41, 5.74) is 5.23. The summed E-state index contributed by atoms with van der Waals surface area (Å²) in [6.07, 6.45) is 2.18. The average Bonchev–Trinajstić information content (AvgIpc) is 2.46. The number of carbonyl (C=O) groups excluding carboxylic acids is 1. The zero-order valence-electron chi connectivity index (χ0n) is 13.2. The highest BCUT2D eigenvalue weighted by Crippen LogP contribution is 2.21. The Morgan fingerprint density at radius 1 is 1.38 bits per heavy atom. The Morgan fingerprint density at radius 3 is 2.57 bits per heavy atom. The first-order valence-electron chi connectivity index (χ1n) is 7.52. The number of hydrazine groups is 1. The first-order chi connectivity index (χ1) is 10.0. The molecule has 1 fully saturated rings. The van der Waals surface area contributed by atoms with Gasteiger partial charge in [0.2, 0.25) is 0 Å². The third-order valence-electron chi connectivity index (χ3n) is 4.15. The van der Waals surface area contributed by atoms with Crippen molar-refractivity contribution in [2.45, 2.75) is 19.8 Å². The lowest BCUT2D eigenvalue weighted by atomic mass is 9.95. The molecule has 2 rings (SSSR count). The number of nitrogens with two attached hydrogens (primary N) is 1. The number of nitrogens with zero attached hydrogens (tertiary/aromatic N) is 2. The van der Waals surface area contributed by atoms with Gasteiger partial charge in [-0.05, 0) is 63.5 Å². The molecule has 1 aliphatic heterocycles. The van der Waals surface area contributed by atoms with Crippen molar-refractivity contribution < 1.29 is 4.79 Å². The van der Waals surface area contributed by atoms with E-state index in [1.807, 2.05) is 30.0 Å². The number of likely N-dealkylation sites (tertiary alicyclic amines) is 1. The minimum atomic E-state index is 0.130. The minimum Gasteiger partial charge on any atom is -0.339 e. The Balaban J connectivity index is 1.97. The van der Waals surface area contributed by atoms with Gasteiger partial charge in [-0.3, -0.25) is 10.6 Å². The van der Waals surface area contributed by atoms with Crippen molar-refractivity contribution >= 4 is 11.6 Å². The maximum atomic E-state index is 12.5. The zero-order chi connectivity index (χ0) is 15.4. The van der Waals surface area contributed by atoms with Crippen LogP contribution in [0.3, 0.4) is 0 Å². The molecule has 1 amide bonds. The summed E-state index contributed by atoms with van der Waals surface area (Å²) in [5, 5.41) is 0. The highest BCUT2D eigenvalue weighted by atomic mass is 16.2. The molecule has 0 aliphatic carbocycles. The molecule has 116 valence electrons. The van der Waals surface area contributed by atoms with Crippen molar-refractivity contribution in [1.82, 2.24) is 9.80 Å². The zero-order valence-corrected chi connectivity index (χ0v) is 13.2. The molecule has 21 heavy (non-hydrogen) atoms. The maximum Gasteiger partial charge on any atom is 0.253 e. The van der Waals surface area contributed by atoms with Crippen LogP contribution in [0.1, 0.15) is 28.8 Å². The quantitative estimate of drug-likeness (QED) is 0.654. The first-order valence-corrected chi connectivity index (χ1v) is 7.52. The van der Waals surface area contributed by atoms with Gasteiger partial charge in [-0.2, -0.15) is 0 Å². The lowest BCUT2D eigenvalue weighted by Gasteiger charge is -2.33. The topological polar surface area (TPSA) is 61.6 Å². The molecule has 0 radical (unpaired) electrons. The lowest BCUT2D eigenvalue weighted by molar-refractivity contribution is 0.0678. The van der Waals surface area contributed by atoms with Crippen LogP contribution in [0.15, 0.2) is 18.2 Å². The molecule has 0 saturated carbocycles. The Bertz CT molecular complexity index is 493. The fourth-order valence-corrected chi connectivity index (χ4v) is 2.98. The predicted octanol–water partition coefficient (Wildman–Crippen LogP) is 1.69. The van der Waals surface area contributed by atoms with Gasteiger partial charge in [0.05, 0.1) is 5.69 Å². The molecule has 1 saturated heterocycles. The molecule has 1 aromatic carbocycles. The standard InChI is InChI=1S/C16H26N4O/c1-12-10-14(4-5-15(12)18-17)16(21)20-8-6-13(7-9-20)11-19(2)3/h4-5,10,13,18H,6-9,11,17H2,1-3H3. The number of hydrogen-bond donors (Lipinski definition) is 2. The summed E-state index contributed by atoms with van der Waals surface area (Å²) in [6.45, 7) is 4.77. The number of piperidine rings is 1. The SMILES string of the molecule is Cc1cc(C(=O)N2CCC(CN(C)C)CC2)ccc1NN. The number of aryl methyl sites for hydroxylation is 1. The van der Waals surface area contributed by atoms with Crippen LogP contribution in [0.5, 0.6) is 0 Å². The normalized spacial score (nSPS) is 16.3. The second-order valence-corrected chi connectivity index (χ2v) is 6.17. The van der Waals surface area contributed by atoms with Crippen molar-refractivity contribution in [1.29, 1.82) is 0 Å². The van der Waals surface area contributed by atoms with Crippen LogP contribution in [0.2, 0.25) is 0 Å². The third-order valence-corrected chi connectivity index (χ3v) is 4.15. The molecule has 0 atom stereocenters. The highest BCUT2D eigenvalue weighted by Gasteiger charge is 2.24. The number of carbonyl (C=O) groups is 1. The smallest absolute Gasteiger partial charge is 0.253 e. The molecular weight excluding hydrogens is 264 g/mol. The summed E-state index contributed by atoms with van der Waals surface area (Å²) in [4.78, 5) is 16.7. The Hall–Kier alpha value is -1.59. The third kappa shape index (κ3) is 3.95. The van der Waals surface area contributed by atoms with Crippen molar-refractivity contribution in [3.8, 4) is 0 Å². The van der Waals surface area contributed by atoms with Crippen LogP contribution in [-0.2, 0) is 0 Å². The molecule has 0 bridgehead atoms. The number of rotatable bonds is 4. The second kappa shape index (κ2) is 6.91. The monoisotopic (exact) mass is 290 g/mol. The number of benzene rings is 1. The van der Waals surface area contributed by atoms with Crippen LogP contribution in [0.25, 0.3) is 0 Å². The molecule has 0 spiro atoms. The van der Waals surface area contributed by atoms with Gasteiger partial charge in [0, 0.05) is 25.2 Å². The second-order valence-electron chi connectivity index (χ2n) is 6.17. The average molecular weight is 290 g/mol. The summed E-state index contributed by atoms with van der Waals surface area (Å²) < 4.78 is 0. The Kier molecular flexibility index (Phi) is 5.20. The Morgan fingerprint density at radius 2 is 2.05 bits per heavy atom. The molecule has 1 heterocycles. The molecule has 5 nitrogen and oxygen atoms in total. The van der Waals surface area contributed by atoms with Gasteiger partial charge in [0.25, 0.3) is 5.91 Å². The van der Waals surface area contributed by atoms with Gasteiger partial charge in [-0.25, -0.2) is 0 Å². The fourth-order valence-electron chi connectivity index (χ4n) is 2.98. The Labute approximate surface area is 127 Å². The maximum absolute atomic E-state index is 12.5. The van der Waals surface area contributed by atoms with Gasteiger partial charge in [-0.1, -0.05) is 0 Å². The number of anilines is 1. The molecule has 0 unspecified atom stereocenters. The van der Waals surface area contributed by atoms with Crippen molar-refractivity contribution in [3.63, 3.8) is 0 Å². The van der Waals surface area contributed by atoms with Gasteiger partial charge in [0.1, 0.15) is 0 Å². The fraction of sp³-hybridized carbons (Fsp3) is 0.562. The molecule has 3 N–H and O–H groups in total. The molecule has 1 aliphatic rings. The molecule has 5 heteroatoms. The summed E-state index contributed by atoms with van der Waals surface area (Å²) >= 11 is 0. The van der Waals surface area contributed by atoms with Crippen molar-refractivity contribution in [3.05, 3.63) is 29.3 Å².